The van der Waals surface area contributed by atoms with Gasteiger partial charge in [0.2, 0.25) is 0 Å². The van der Waals surface area contributed by atoms with E-state index in [0.717, 1.165) is 17.7 Å². The van der Waals surface area contributed by atoms with Crippen molar-refractivity contribution in [2.75, 3.05) is 10.8 Å². The van der Waals surface area contributed by atoms with E-state index < -0.39 is 27.7 Å². The third-order valence-corrected chi connectivity index (χ3v) is 8.56. The van der Waals surface area contributed by atoms with Crippen molar-refractivity contribution in [3.05, 3.63) is 82.9 Å². The number of oxime groups is 1. The van der Waals surface area contributed by atoms with E-state index in [4.69, 9.17) is 0 Å². The van der Waals surface area contributed by atoms with Crippen molar-refractivity contribution >= 4 is 27.4 Å². The number of fused-ring (bicyclic) bond motifs is 1. The lowest BCUT2D eigenvalue weighted by Crippen LogP contribution is -2.44. The first-order chi connectivity index (χ1) is 17.7. The first kappa shape index (κ1) is 26.0. The Bertz CT molecular complexity index is 1580. The number of carbonyl (C=O) groups is 1. The third-order valence-electron chi connectivity index (χ3n) is 6.80. The van der Waals surface area contributed by atoms with Crippen LogP contribution in [0.15, 0.2) is 70.7 Å². The van der Waals surface area contributed by atoms with E-state index in [1.54, 1.807) is 31.2 Å². The molecule has 0 bridgehead atoms. The van der Waals surface area contributed by atoms with Crippen molar-refractivity contribution in [1.82, 2.24) is 0 Å². The van der Waals surface area contributed by atoms with Crippen molar-refractivity contribution in [2.45, 2.75) is 44.7 Å². The lowest BCUT2D eigenvalue weighted by molar-refractivity contribution is -0.140. The van der Waals surface area contributed by atoms with Crippen LogP contribution in [0.4, 0.5) is 18.9 Å². The summed E-state index contributed by atoms with van der Waals surface area (Å²) in [6.07, 6.45) is -3.78. The highest BCUT2D eigenvalue weighted by Gasteiger charge is 2.37. The molecular weight excluding hydrogens is 517 g/mol. The molecular formula is C28H25F3N2O4S. The Morgan fingerprint density at radius 1 is 0.974 bits per heavy atom. The number of sulfonamides is 1. The number of hydrogen-bond acceptors (Lipinski definition) is 5. The Hall–Kier alpha value is -3.66. The molecule has 2 aliphatic heterocycles. The molecule has 5 rings (SSSR count). The number of nitrogens with zero attached hydrogens (tertiary/aromatic N) is 2. The van der Waals surface area contributed by atoms with Crippen LogP contribution in [-0.2, 0) is 32.3 Å². The highest BCUT2D eigenvalue weighted by Crippen LogP contribution is 2.41. The smallest absolute Gasteiger partial charge is 0.318 e. The molecule has 0 unspecified atom stereocenters. The monoisotopic (exact) mass is 542 g/mol. The summed E-state index contributed by atoms with van der Waals surface area (Å²) < 4.78 is 68.1. The van der Waals surface area contributed by atoms with Crippen LogP contribution >= 0.6 is 0 Å². The Morgan fingerprint density at radius 2 is 1.66 bits per heavy atom. The molecule has 3 aromatic rings. The van der Waals surface area contributed by atoms with Gasteiger partial charge in [-0.15, -0.1) is 0 Å². The average Bonchev–Trinajstić information content (AvgIpc) is 3.27. The van der Waals surface area contributed by atoms with Gasteiger partial charge >= 0.3 is 12.1 Å². The minimum atomic E-state index is -4.42. The molecule has 0 spiro atoms. The molecule has 0 amide bonds. The molecule has 0 aromatic heterocycles. The molecule has 0 saturated heterocycles. The van der Waals surface area contributed by atoms with Crippen LogP contribution in [0.25, 0.3) is 11.1 Å². The highest BCUT2D eigenvalue weighted by atomic mass is 32.2. The van der Waals surface area contributed by atoms with Crippen molar-refractivity contribution < 1.29 is 31.2 Å². The normalized spacial score (nSPS) is 17.2. The van der Waals surface area contributed by atoms with Crippen LogP contribution in [0, 0.1) is 12.3 Å². The van der Waals surface area contributed by atoms with E-state index >= 15 is 0 Å². The topological polar surface area (TPSA) is 76.0 Å². The van der Waals surface area contributed by atoms with Gasteiger partial charge in [-0.25, -0.2) is 13.2 Å². The number of halogens is 3. The van der Waals surface area contributed by atoms with E-state index in [-0.39, 0.29) is 23.3 Å². The van der Waals surface area contributed by atoms with Gasteiger partial charge in [0.15, 0.2) is 0 Å². The van der Waals surface area contributed by atoms with Gasteiger partial charge in [-0.1, -0.05) is 43.3 Å². The van der Waals surface area contributed by atoms with Crippen LogP contribution in [0.5, 0.6) is 0 Å². The van der Waals surface area contributed by atoms with Crippen molar-refractivity contribution in [1.29, 1.82) is 0 Å². The zero-order valence-corrected chi connectivity index (χ0v) is 21.8. The van der Waals surface area contributed by atoms with E-state index in [2.05, 4.69) is 9.99 Å². The molecule has 0 N–H and O–H groups in total. The number of hydrogen-bond donors (Lipinski definition) is 0. The first-order valence-electron chi connectivity index (χ1n) is 12.0. The van der Waals surface area contributed by atoms with Crippen LogP contribution in [0.1, 0.15) is 42.5 Å². The van der Waals surface area contributed by atoms with Crippen LogP contribution in [0.2, 0.25) is 0 Å². The van der Waals surface area contributed by atoms with Crippen molar-refractivity contribution in [2.24, 2.45) is 10.6 Å². The summed E-state index contributed by atoms with van der Waals surface area (Å²) in [6.45, 7) is 5.97. The maximum Gasteiger partial charge on any atom is 0.416 e. The fourth-order valence-electron chi connectivity index (χ4n) is 4.96. The zero-order chi connectivity index (χ0) is 27.5. The third kappa shape index (κ3) is 4.80. The van der Waals surface area contributed by atoms with Gasteiger partial charge in [0.05, 0.1) is 28.3 Å². The number of alkyl halides is 3. The summed E-state index contributed by atoms with van der Waals surface area (Å²) in [7, 11) is -3.95. The second-order valence-corrected chi connectivity index (χ2v) is 12.3. The van der Waals surface area contributed by atoms with Gasteiger partial charge in [0.1, 0.15) is 0 Å². The number of rotatable bonds is 4. The minimum Gasteiger partial charge on any atom is -0.318 e. The molecule has 3 aromatic carbocycles. The first-order valence-corrected chi connectivity index (χ1v) is 13.4. The molecule has 0 radical (unpaired) electrons. The molecule has 0 atom stereocenters. The predicted octanol–water partition coefficient (Wildman–Crippen LogP) is 6.11. The van der Waals surface area contributed by atoms with Crippen molar-refractivity contribution in [3.63, 3.8) is 0 Å². The fraction of sp³-hybridized carbons (Fsp3) is 0.286. The second-order valence-electron chi connectivity index (χ2n) is 10.4. The lowest BCUT2D eigenvalue weighted by atomic mass is 9.81. The van der Waals surface area contributed by atoms with E-state index in [9.17, 15) is 26.4 Å². The summed E-state index contributed by atoms with van der Waals surface area (Å²) in [5.74, 6) is -0.459. The van der Waals surface area contributed by atoms with E-state index in [0.29, 0.717) is 40.1 Å². The summed E-state index contributed by atoms with van der Waals surface area (Å²) in [6, 6.07) is 14.9. The SMILES string of the molecule is Cc1cc(S(=O)(=O)N2CC(C)(C)Cc3cc(-c4ccc(C(F)(F)F)cc4)ccc32)ccc1C1=NOC(=O)C1. The lowest BCUT2D eigenvalue weighted by Gasteiger charge is -2.40. The molecule has 2 heterocycles. The molecule has 2 aliphatic rings. The number of aryl methyl sites for hydroxylation is 1. The van der Waals surface area contributed by atoms with Gasteiger partial charge in [-0.2, -0.15) is 13.2 Å². The van der Waals surface area contributed by atoms with Crippen molar-refractivity contribution in [3.8, 4) is 11.1 Å². The summed E-state index contributed by atoms with van der Waals surface area (Å²) in [5, 5.41) is 3.78. The van der Waals surface area contributed by atoms with Gasteiger partial charge in [-0.05, 0) is 77.4 Å². The molecule has 38 heavy (non-hydrogen) atoms. The van der Waals surface area contributed by atoms with Gasteiger partial charge in [0.25, 0.3) is 10.0 Å². The standard InChI is InChI=1S/C28H25F3N2O4S/c1-17-12-22(9-10-23(17)24-14-26(34)37-32-24)38(35,36)33-16-27(2,3)15-20-13-19(6-11-25(20)33)18-4-7-21(8-5-18)28(29,30)31/h4-13H,14-16H2,1-3H3. The van der Waals surface area contributed by atoms with E-state index in [1.807, 2.05) is 19.9 Å². The maximum atomic E-state index is 13.9. The van der Waals surface area contributed by atoms with E-state index in [1.165, 1.54) is 22.5 Å². The largest absolute Gasteiger partial charge is 0.416 e. The molecule has 10 heteroatoms. The van der Waals surface area contributed by atoms with Gasteiger partial charge in [-0.3, -0.25) is 4.31 Å². The summed E-state index contributed by atoms with van der Waals surface area (Å²) in [5.41, 5.74) is 3.31. The van der Waals surface area contributed by atoms with Crippen LogP contribution in [0.3, 0.4) is 0 Å². The zero-order valence-electron chi connectivity index (χ0n) is 21.0. The Labute approximate surface area is 218 Å². The van der Waals surface area contributed by atoms with Gasteiger partial charge in [0, 0.05) is 12.1 Å². The Morgan fingerprint density at radius 3 is 2.26 bits per heavy atom. The van der Waals surface area contributed by atoms with Gasteiger partial charge < -0.3 is 4.84 Å². The molecule has 0 saturated carbocycles. The summed E-state index contributed by atoms with van der Waals surface area (Å²) >= 11 is 0. The Balaban J connectivity index is 1.51. The predicted molar refractivity (Wildman–Crippen MR) is 137 cm³/mol. The average molecular weight is 543 g/mol. The van der Waals surface area contributed by atoms with Crippen LogP contribution < -0.4 is 4.31 Å². The molecule has 6 nitrogen and oxygen atoms in total. The number of carbonyl (C=O) groups excluding carboxylic acids is 1. The molecule has 0 fully saturated rings. The highest BCUT2D eigenvalue weighted by molar-refractivity contribution is 7.92. The Kier molecular flexibility index (Phi) is 6.13. The molecule has 198 valence electrons. The fourth-order valence-corrected chi connectivity index (χ4v) is 6.74. The molecule has 0 aliphatic carbocycles. The minimum absolute atomic E-state index is 0.0297. The second kappa shape index (κ2) is 8.97. The maximum absolute atomic E-state index is 13.9. The number of anilines is 1. The quantitative estimate of drug-likeness (QED) is 0.373. The van der Waals surface area contributed by atoms with Crippen LogP contribution in [-0.4, -0.2) is 26.6 Å². The number of benzene rings is 3. The summed E-state index contributed by atoms with van der Waals surface area (Å²) in [4.78, 5) is 16.2.